The van der Waals surface area contributed by atoms with Crippen LogP contribution in [0.15, 0.2) is 36.4 Å². The molecule has 0 atom stereocenters. The fourth-order valence-corrected chi connectivity index (χ4v) is 3.43. The van der Waals surface area contributed by atoms with Crippen molar-refractivity contribution in [2.75, 3.05) is 12.4 Å². The minimum Gasteiger partial charge on any atom is -0.496 e. The molecule has 0 saturated carbocycles. The second-order valence-electron chi connectivity index (χ2n) is 5.44. The van der Waals surface area contributed by atoms with Gasteiger partial charge in [-0.3, -0.25) is 4.79 Å². The minimum absolute atomic E-state index is 0.0323. The zero-order valence-corrected chi connectivity index (χ0v) is 14.2. The normalized spacial score (nSPS) is 10.7. The number of anilines is 1. The van der Waals surface area contributed by atoms with Crippen LogP contribution in [0.2, 0.25) is 0 Å². The second kappa shape index (κ2) is 6.38. The van der Waals surface area contributed by atoms with E-state index in [4.69, 9.17) is 4.74 Å². The molecule has 0 aliphatic rings. The number of ether oxygens (including phenoxy) is 1. The summed E-state index contributed by atoms with van der Waals surface area (Å²) in [5.41, 5.74) is 3.77. The van der Waals surface area contributed by atoms with Crippen LogP contribution in [0.1, 0.15) is 16.1 Å². The summed E-state index contributed by atoms with van der Waals surface area (Å²) in [7, 11) is 1.64. The van der Waals surface area contributed by atoms with Crippen molar-refractivity contribution in [2.24, 2.45) is 0 Å². The topological polar surface area (TPSA) is 51.2 Å². The number of carbonyl (C=O) groups is 1. The molecule has 0 saturated heterocycles. The number of aromatic nitrogens is 1. The van der Waals surface area contributed by atoms with Crippen molar-refractivity contribution in [3.05, 3.63) is 52.5 Å². The van der Waals surface area contributed by atoms with Gasteiger partial charge in [-0.2, -0.15) is 0 Å². The van der Waals surface area contributed by atoms with E-state index < -0.39 is 0 Å². The Morgan fingerprint density at radius 1 is 1.22 bits per heavy atom. The van der Waals surface area contributed by atoms with Crippen LogP contribution in [0.3, 0.4) is 0 Å². The molecule has 3 aromatic rings. The van der Waals surface area contributed by atoms with Crippen LogP contribution >= 0.6 is 11.3 Å². The molecule has 3 rings (SSSR count). The fraction of sp³-hybridized carbons (Fsp3) is 0.222. The van der Waals surface area contributed by atoms with E-state index in [1.807, 2.05) is 50.2 Å². The quantitative estimate of drug-likeness (QED) is 0.785. The van der Waals surface area contributed by atoms with E-state index in [1.54, 1.807) is 18.4 Å². The Labute approximate surface area is 139 Å². The Bertz CT molecular complexity index is 871. The molecular weight excluding hydrogens is 308 g/mol. The Morgan fingerprint density at radius 2 is 2.04 bits per heavy atom. The van der Waals surface area contributed by atoms with Crippen LogP contribution in [-0.4, -0.2) is 18.0 Å². The molecule has 0 unspecified atom stereocenters. The molecule has 5 heteroatoms. The smallest absolute Gasteiger partial charge is 0.228 e. The number of fused-ring (bicyclic) bond motifs is 1. The third-order valence-corrected chi connectivity index (χ3v) is 4.54. The van der Waals surface area contributed by atoms with Gasteiger partial charge in [-0.25, -0.2) is 4.98 Å². The summed E-state index contributed by atoms with van der Waals surface area (Å²) in [6, 6.07) is 11.6. The Kier molecular flexibility index (Phi) is 4.30. The molecule has 1 aromatic heterocycles. The van der Waals surface area contributed by atoms with Gasteiger partial charge in [0.1, 0.15) is 5.75 Å². The third kappa shape index (κ3) is 3.51. The van der Waals surface area contributed by atoms with E-state index in [2.05, 4.69) is 10.3 Å². The number of thiazole rings is 1. The average Bonchev–Trinajstić information content (AvgIpc) is 2.86. The number of nitrogens with zero attached hydrogens (tertiary/aromatic N) is 1. The zero-order chi connectivity index (χ0) is 16.4. The molecule has 0 aliphatic carbocycles. The van der Waals surface area contributed by atoms with Gasteiger partial charge in [-0.15, -0.1) is 11.3 Å². The standard InChI is InChI=1S/C18H18N2O2S/c1-11-8-13(4-7-16(11)22-3)9-18(21)20-14-5-6-15-17(10-14)23-12(2)19-15/h4-8,10H,9H2,1-3H3,(H,20,21). The van der Waals surface area contributed by atoms with Crippen molar-refractivity contribution < 1.29 is 9.53 Å². The maximum atomic E-state index is 12.2. The predicted octanol–water partition coefficient (Wildman–Crippen LogP) is 4.10. The van der Waals surface area contributed by atoms with Crippen LogP contribution < -0.4 is 10.1 Å². The summed E-state index contributed by atoms with van der Waals surface area (Å²) < 4.78 is 6.32. The zero-order valence-electron chi connectivity index (χ0n) is 13.3. The lowest BCUT2D eigenvalue weighted by atomic mass is 10.1. The van der Waals surface area contributed by atoms with Gasteiger partial charge < -0.3 is 10.1 Å². The van der Waals surface area contributed by atoms with Crippen molar-refractivity contribution in [3.63, 3.8) is 0 Å². The second-order valence-corrected chi connectivity index (χ2v) is 6.68. The van der Waals surface area contributed by atoms with Crippen molar-refractivity contribution in [1.82, 2.24) is 4.98 Å². The molecule has 0 bridgehead atoms. The van der Waals surface area contributed by atoms with Crippen molar-refractivity contribution in [2.45, 2.75) is 20.3 Å². The number of methoxy groups -OCH3 is 1. The molecule has 0 fully saturated rings. The van der Waals surface area contributed by atoms with Crippen LogP contribution in [0.4, 0.5) is 5.69 Å². The molecule has 0 aliphatic heterocycles. The summed E-state index contributed by atoms with van der Waals surface area (Å²) >= 11 is 1.63. The van der Waals surface area contributed by atoms with Gasteiger partial charge in [0.2, 0.25) is 5.91 Å². The first kappa shape index (κ1) is 15.5. The lowest BCUT2D eigenvalue weighted by Crippen LogP contribution is -2.14. The Morgan fingerprint density at radius 3 is 2.78 bits per heavy atom. The molecule has 118 valence electrons. The van der Waals surface area contributed by atoms with E-state index in [0.29, 0.717) is 6.42 Å². The molecule has 2 aromatic carbocycles. The maximum absolute atomic E-state index is 12.2. The largest absolute Gasteiger partial charge is 0.496 e. The Balaban J connectivity index is 1.71. The van der Waals surface area contributed by atoms with Gasteiger partial charge in [-0.05, 0) is 49.2 Å². The number of benzene rings is 2. The number of amides is 1. The first-order chi connectivity index (χ1) is 11.0. The summed E-state index contributed by atoms with van der Waals surface area (Å²) in [5.74, 6) is 0.801. The van der Waals surface area contributed by atoms with Crippen LogP contribution in [0, 0.1) is 13.8 Å². The Hall–Kier alpha value is -2.40. The summed E-state index contributed by atoms with van der Waals surface area (Å²) in [4.78, 5) is 16.7. The highest BCUT2D eigenvalue weighted by atomic mass is 32.1. The first-order valence-electron chi connectivity index (χ1n) is 7.36. The van der Waals surface area contributed by atoms with Gasteiger partial charge in [-0.1, -0.05) is 12.1 Å². The monoisotopic (exact) mass is 326 g/mol. The number of hydrogen-bond donors (Lipinski definition) is 1. The number of nitrogens with one attached hydrogen (secondary N) is 1. The lowest BCUT2D eigenvalue weighted by molar-refractivity contribution is -0.115. The van der Waals surface area contributed by atoms with Crippen molar-refractivity contribution >= 4 is 33.1 Å². The minimum atomic E-state index is -0.0323. The summed E-state index contributed by atoms with van der Waals surface area (Å²) in [6.07, 6.45) is 0.338. The molecular formula is C18H18N2O2S. The number of carbonyl (C=O) groups excluding carboxylic acids is 1. The molecule has 0 spiro atoms. The first-order valence-corrected chi connectivity index (χ1v) is 8.17. The average molecular weight is 326 g/mol. The van der Waals surface area contributed by atoms with E-state index in [0.717, 1.165) is 37.8 Å². The lowest BCUT2D eigenvalue weighted by Gasteiger charge is -2.08. The highest BCUT2D eigenvalue weighted by molar-refractivity contribution is 7.18. The van der Waals surface area contributed by atoms with Gasteiger partial charge in [0.25, 0.3) is 0 Å². The molecule has 1 N–H and O–H groups in total. The van der Waals surface area contributed by atoms with Crippen LogP contribution in [0.5, 0.6) is 5.75 Å². The predicted molar refractivity (Wildman–Crippen MR) is 94.4 cm³/mol. The SMILES string of the molecule is COc1ccc(CC(=O)Nc2ccc3nc(C)sc3c2)cc1C. The number of aryl methyl sites for hydroxylation is 2. The van der Waals surface area contributed by atoms with Crippen molar-refractivity contribution in [1.29, 1.82) is 0 Å². The van der Waals surface area contributed by atoms with E-state index in [1.165, 1.54) is 0 Å². The van der Waals surface area contributed by atoms with E-state index in [-0.39, 0.29) is 5.91 Å². The molecule has 23 heavy (non-hydrogen) atoms. The highest BCUT2D eigenvalue weighted by Gasteiger charge is 2.08. The summed E-state index contributed by atoms with van der Waals surface area (Å²) in [6.45, 7) is 3.95. The highest BCUT2D eigenvalue weighted by Crippen LogP contribution is 2.25. The number of hydrogen-bond acceptors (Lipinski definition) is 4. The van der Waals surface area contributed by atoms with Crippen LogP contribution in [0.25, 0.3) is 10.2 Å². The molecule has 4 nitrogen and oxygen atoms in total. The van der Waals surface area contributed by atoms with Gasteiger partial charge in [0.05, 0.1) is 28.8 Å². The van der Waals surface area contributed by atoms with Gasteiger partial charge >= 0.3 is 0 Å². The van der Waals surface area contributed by atoms with E-state index >= 15 is 0 Å². The third-order valence-electron chi connectivity index (χ3n) is 3.60. The van der Waals surface area contributed by atoms with Crippen LogP contribution in [-0.2, 0) is 11.2 Å². The maximum Gasteiger partial charge on any atom is 0.228 e. The summed E-state index contributed by atoms with van der Waals surface area (Å²) in [5, 5.41) is 3.97. The van der Waals surface area contributed by atoms with Gasteiger partial charge in [0, 0.05) is 5.69 Å². The fourth-order valence-electron chi connectivity index (χ4n) is 2.56. The van der Waals surface area contributed by atoms with Gasteiger partial charge in [0.15, 0.2) is 0 Å². The van der Waals surface area contributed by atoms with Crippen molar-refractivity contribution in [3.8, 4) is 5.75 Å². The van der Waals surface area contributed by atoms with E-state index in [9.17, 15) is 4.79 Å². The molecule has 0 radical (unpaired) electrons. The molecule has 1 heterocycles. The number of rotatable bonds is 4. The molecule has 1 amide bonds.